The van der Waals surface area contributed by atoms with E-state index in [0.717, 1.165) is 11.1 Å². The first-order valence-corrected chi connectivity index (χ1v) is 5.98. The van der Waals surface area contributed by atoms with E-state index in [9.17, 15) is 5.26 Å². The third kappa shape index (κ3) is 3.22. The molecular formula is C16H9ClN2. The fourth-order valence-electron chi connectivity index (χ4n) is 1.63. The standard InChI is InChI=1S/C16H9ClN2/c17-16-7-5-14(6-8-16)15(11-19)9-12-1-3-13(10-18)4-2-12/h1-9H. The highest BCUT2D eigenvalue weighted by Crippen LogP contribution is 2.20. The molecule has 2 aromatic carbocycles. The van der Waals surface area contributed by atoms with Gasteiger partial charge >= 0.3 is 0 Å². The summed E-state index contributed by atoms with van der Waals surface area (Å²) in [7, 11) is 0. The molecule has 2 nitrogen and oxygen atoms in total. The lowest BCUT2D eigenvalue weighted by Crippen LogP contribution is -1.82. The van der Waals surface area contributed by atoms with Crippen LogP contribution >= 0.6 is 11.6 Å². The smallest absolute Gasteiger partial charge is 0.0998 e. The molecule has 0 spiro atoms. The van der Waals surface area contributed by atoms with Crippen molar-refractivity contribution in [2.75, 3.05) is 0 Å². The number of rotatable bonds is 2. The summed E-state index contributed by atoms with van der Waals surface area (Å²) < 4.78 is 0. The predicted octanol–water partition coefficient (Wildman–Crippen LogP) is 4.28. The minimum atomic E-state index is 0.557. The highest BCUT2D eigenvalue weighted by molar-refractivity contribution is 6.30. The lowest BCUT2D eigenvalue weighted by atomic mass is 10.0. The van der Waals surface area contributed by atoms with Crippen LogP contribution in [0.4, 0.5) is 0 Å². The Balaban J connectivity index is 2.36. The number of nitriles is 2. The lowest BCUT2D eigenvalue weighted by molar-refractivity contribution is 1.48. The number of hydrogen-bond acceptors (Lipinski definition) is 2. The molecule has 0 heterocycles. The molecule has 2 aromatic rings. The molecule has 0 fully saturated rings. The van der Waals surface area contributed by atoms with Crippen LogP contribution in [0, 0.1) is 22.7 Å². The number of allylic oxidation sites excluding steroid dienone is 1. The van der Waals surface area contributed by atoms with Crippen LogP contribution in [0.3, 0.4) is 0 Å². The molecule has 0 aliphatic rings. The van der Waals surface area contributed by atoms with Crippen LogP contribution in [0.1, 0.15) is 16.7 Å². The number of halogens is 1. The van der Waals surface area contributed by atoms with E-state index in [4.69, 9.17) is 16.9 Å². The molecule has 0 radical (unpaired) electrons. The van der Waals surface area contributed by atoms with Gasteiger partial charge in [0, 0.05) is 5.02 Å². The Hall–Kier alpha value is -2.55. The SMILES string of the molecule is N#CC(=Cc1ccc(C#N)cc1)c1ccc(Cl)cc1. The number of benzene rings is 2. The van der Waals surface area contributed by atoms with E-state index in [0.29, 0.717) is 16.2 Å². The molecule has 3 heteroatoms. The molecule has 0 atom stereocenters. The minimum Gasteiger partial charge on any atom is -0.192 e. The number of nitrogens with zero attached hydrogens (tertiary/aromatic N) is 2. The van der Waals surface area contributed by atoms with Gasteiger partial charge in [0.15, 0.2) is 0 Å². The molecular weight excluding hydrogens is 256 g/mol. The zero-order chi connectivity index (χ0) is 13.7. The summed E-state index contributed by atoms with van der Waals surface area (Å²) in [5, 5.41) is 18.6. The Kier molecular flexibility index (Phi) is 3.98. The Morgan fingerprint density at radius 2 is 1.58 bits per heavy atom. The second-order valence-electron chi connectivity index (χ2n) is 3.91. The topological polar surface area (TPSA) is 47.6 Å². The van der Waals surface area contributed by atoms with Crippen LogP contribution in [0.5, 0.6) is 0 Å². The van der Waals surface area contributed by atoms with Gasteiger partial charge < -0.3 is 0 Å². The van der Waals surface area contributed by atoms with E-state index in [1.165, 1.54) is 0 Å². The van der Waals surface area contributed by atoms with E-state index in [2.05, 4.69) is 12.1 Å². The molecule has 0 amide bonds. The molecule has 0 bridgehead atoms. The summed E-state index contributed by atoms with van der Waals surface area (Å²) in [6, 6.07) is 18.4. The first kappa shape index (κ1) is 12.9. The second kappa shape index (κ2) is 5.87. The van der Waals surface area contributed by atoms with Crippen molar-refractivity contribution in [1.29, 1.82) is 10.5 Å². The minimum absolute atomic E-state index is 0.557. The molecule has 0 aliphatic carbocycles. The van der Waals surface area contributed by atoms with E-state index in [1.54, 1.807) is 42.5 Å². The van der Waals surface area contributed by atoms with Gasteiger partial charge in [0.2, 0.25) is 0 Å². The Bertz CT molecular complexity index is 684. The summed E-state index contributed by atoms with van der Waals surface area (Å²) in [6.07, 6.45) is 1.78. The Morgan fingerprint density at radius 1 is 0.947 bits per heavy atom. The van der Waals surface area contributed by atoms with Crippen LogP contribution < -0.4 is 0 Å². The van der Waals surface area contributed by atoms with Crippen molar-refractivity contribution in [2.45, 2.75) is 0 Å². The summed E-state index contributed by atoms with van der Waals surface area (Å²) in [4.78, 5) is 0. The maximum Gasteiger partial charge on any atom is 0.0998 e. The quantitative estimate of drug-likeness (QED) is 0.600. The van der Waals surface area contributed by atoms with Gasteiger partial charge in [-0.05, 0) is 41.5 Å². The van der Waals surface area contributed by atoms with Crippen molar-refractivity contribution in [3.05, 3.63) is 70.2 Å². The van der Waals surface area contributed by atoms with Crippen molar-refractivity contribution in [2.24, 2.45) is 0 Å². The average molecular weight is 265 g/mol. The molecule has 0 N–H and O–H groups in total. The van der Waals surface area contributed by atoms with E-state index >= 15 is 0 Å². The Labute approximate surface area is 116 Å². The average Bonchev–Trinajstić information content (AvgIpc) is 2.46. The normalized spacial score (nSPS) is 10.6. The van der Waals surface area contributed by atoms with Crippen molar-refractivity contribution in [3.8, 4) is 12.1 Å². The first-order chi connectivity index (χ1) is 9.22. The van der Waals surface area contributed by atoms with Gasteiger partial charge in [-0.3, -0.25) is 0 Å². The van der Waals surface area contributed by atoms with Crippen LogP contribution in [0.2, 0.25) is 5.02 Å². The second-order valence-corrected chi connectivity index (χ2v) is 4.35. The molecule has 90 valence electrons. The first-order valence-electron chi connectivity index (χ1n) is 5.61. The maximum atomic E-state index is 9.21. The lowest BCUT2D eigenvalue weighted by Gasteiger charge is -2.00. The molecule has 0 aromatic heterocycles. The summed E-state index contributed by atoms with van der Waals surface area (Å²) in [6.45, 7) is 0. The van der Waals surface area contributed by atoms with Crippen LogP contribution in [0.25, 0.3) is 11.6 Å². The molecule has 0 unspecified atom stereocenters. The maximum absolute atomic E-state index is 9.21. The summed E-state index contributed by atoms with van der Waals surface area (Å²) >= 11 is 5.82. The van der Waals surface area contributed by atoms with Gasteiger partial charge in [0.05, 0.1) is 23.3 Å². The van der Waals surface area contributed by atoms with Gasteiger partial charge in [-0.2, -0.15) is 10.5 Å². The summed E-state index contributed by atoms with van der Waals surface area (Å²) in [5.74, 6) is 0. The van der Waals surface area contributed by atoms with Crippen LogP contribution in [-0.4, -0.2) is 0 Å². The summed E-state index contributed by atoms with van der Waals surface area (Å²) in [5.41, 5.74) is 2.85. The van der Waals surface area contributed by atoms with Crippen molar-refractivity contribution in [3.63, 3.8) is 0 Å². The van der Waals surface area contributed by atoms with Gasteiger partial charge in [-0.1, -0.05) is 35.9 Å². The highest BCUT2D eigenvalue weighted by atomic mass is 35.5. The van der Waals surface area contributed by atoms with Gasteiger partial charge in [0.1, 0.15) is 0 Å². The van der Waals surface area contributed by atoms with E-state index in [-0.39, 0.29) is 0 Å². The van der Waals surface area contributed by atoms with E-state index < -0.39 is 0 Å². The fourth-order valence-corrected chi connectivity index (χ4v) is 1.76. The molecule has 0 saturated heterocycles. The van der Waals surface area contributed by atoms with Gasteiger partial charge in [-0.25, -0.2) is 0 Å². The molecule has 2 rings (SSSR count). The monoisotopic (exact) mass is 264 g/mol. The van der Waals surface area contributed by atoms with Gasteiger partial charge in [-0.15, -0.1) is 0 Å². The largest absolute Gasteiger partial charge is 0.192 e. The molecule has 0 aliphatic heterocycles. The fraction of sp³-hybridized carbons (Fsp3) is 0. The zero-order valence-corrected chi connectivity index (χ0v) is 10.7. The van der Waals surface area contributed by atoms with Crippen molar-refractivity contribution in [1.82, 2.24) is 0 Å². The Morgan fingerprint density at radius 3 is 2.11 bits per heavy atom. The zero-order valence-electron chi connectivity index (χ0n) is 9.97. The predicted molar refractivity (Wildman–Crippen MR) is 76.1 cm³/mol. The molecule has 19 heavy (non-hydrogen) atoms. The van der Waals surface area contributed by atoms with Crippen molar-refractivity contribution < 1.29 is 0 Å². The van der Waals surface area contributed by atoms with Crippen LogP contribution in [0.15, 0.2) is 48.5 Å². The molecule has 0 saturated carbocycles. The highest BCUT2D eigenvalue weighted by Gasteiger charge is 2.01. The third-order valence-electron chi connectivity index (χ3n) is 2.63. The third-order valence-corrected chi connectivity index (χ3v) is 2.88. The van der Waals surface area contributed by atoms with E-state index in [1.807, 2.05) is 12.1 Å². The van der Waals surface area contributed by atoms with Gasteiger partial charge in [0.25, 0.3) is 0 Å². The van der Waals surface area contributed by atoms with Crippen LogP contribution in [-0.2, 0) is 0 Å². The van der Waals surface area contributed by atoms with Crippen molar-refractivity contribution >= 4 is 23.3 Å². The number of hydrogen-bond donors (Lipinski definition) is 0.